The molecule has 3 fully saturated rings. The lowest BCUT2D eigenvalue weighted by molar-refractivity contribution is -0.358. The second-order valence-electron chi connectivity index (χ2n) is 23.1. The maximum atomic E-state index is 15.0. The van der Waals surface area contributed by atoms with Crippen LogP contribution in [0.25, 0.3) is 0 Å². The first kappa shape index (κ1) is 67.0. The van der Waals surface area contributed by atoms with Crippen molar-refractivity contribution in [3.63, 3.8) is 0 Å². The van der Waals surface area contributed by atoms with E-state index < -0.39 is 124 Å². The Morgan fingerprint density at radius 2 is 1.35 bits per heavy atom. The molecule has 0 aromatic heterocycles. The zero-order valence-electron chi connectivity index (χ0n) is 50.2. The summed E-state index contributed by atoms with van der Waals surface area (Å²) in [6.07, 6.45) is 7.22. The summed E-state index contributed by atoms with van der Waals surface area (Å²) < 4.78 is 70.6. The molecule has 4 aliphatic heterocycles. The molecule has 0 spiro atoms. The molecule has 0 aromatic rings. The molecule has 4 aliphatic rings. The van der Waals surface area contributed by atoms with Gasteiger partial charge >= 0.3 is 29.8 Å². The topological polar surface area (TPSA) is 207 Å². The van der Waals surface area contributed by atoms with Gasteiger partial charge in [0.05, 0.1) is 62.7 Å². The fraction of sp³-hybridized carbons (Fsp3) is 0.780. The summed E-state index contributed by atoms with van der Waals surface area (Å²) >= 11 is 0. The summed E-state index contributed by atoms with van der Waals surface area (Å²) in [6, 6.07) is 4.89. The van der Waals surface area contributed by atoms with E-state index in [-0.39, 0.29) is 44.1 Å². The molecule has 11 atom stereocenters. The molecule has 4 rings (SSSR count). The number of hydrogen-bond acceptors (Lipinski definition) is 17. The van der Waals surface area contributed by atoms with Crippen molar-refractivity contribution >= 4 is 46.5 Å². The smallest absolute Gasteiger partial charge is 0.330 e. The molecular formula is C59H98O17Si2. The van der Waals surface area contributed by atoms with Crippen molar-refractivity contribution in [3.05, 3.63) is 47.6 Å². The summed E-state index contributed by atoms with van der Waals surface area (Å²) in [5.74, 6) is -6.50. The lowest BCUT2D eigenvalue weighted by atomic mass is 9.70. The molecule has 19 heteroatoms. The van der Waals surface area contributed by atoms with Crippen molar-refractivity contribution in [2.24, 2.45) is 10.8 Å². The Morgan fingerprint density at radius 3 is 1.92 bits per heavy atom. The fourth-order valence-electron chi connectivity index (χ4n) is 12.0. The van der Waals surface area contributed by atoms with Gasteiger partial charge in [0.15, 0.2) is 28.5 Å². The third kappa shape index (κ3) is 17.0. The van der Waals surface area contributed by atoms with Crippen molar-refractivity contribution in [2.45, 2.75) is 263 Å². The predicted octanol–water partition coefficient (Wildman–Crippen LogP) is 10.8. The van der Waals surface area contributed by atoms with Crippen LogP contribution in [0.15, 0.2) is 47.6 Å². The zero-order chi connectivity index (χ0) is 58.3. The lowest BCUT2D eigenvalue weighted by Gasteiger charge is -2.55. The van der Waals surface area contributed by atoms with Crippen LogP contribution in [0.2, 0.25) is 36.3 Å². The minimum absolute atomic E-state index is 0.0230. The summed E-state index contributed by atoms with van der Waals surface area (Å²) in [4.78, 5) is 66.7. The lowest BCUT2D eigenvalue weighted by Crippen LogP contribution is -2.63. The highest BCUT2D eigenvalue weighted by Crippen LogP contribution is 2.52. The third-order valence-corrected chi connectivity index (χ3v) is 26.8. The van der Waals surface area contributed by atoms with Crippen molar-refractivity contribution in [2.75, 3.05) is 21.3 Å². The van der Waals surface area contributed by atoms with E-state index in [1.165, 1.54) is 40.2 Å². The van der Waals surface area contributed by atoms with Crippen LogP contribution in [-0.4, -0.2) is 139 Å². The average molecular weight is 1140 g/mol. The van der Waals surface area contributed by atoms with Crippen LogP contribution < -0.4 is 0 Å². The number of methoxy groups -OCH3 is 3. The second kappa shape index (κ2) is 29.4. The Balaban J connectivity index is 1.96. The number of aliphatic hydroxyl groups is 1. The predicted molar refractivity (Wildman–Crippen MR) is 301 cm³/mol. The number of hydrogen-bond donors (Lipinski definition) is 1. The van der Waals surface area contributed by atoms with E-state index in [1.807, 2.05) is 39.0 Å². The number of cyclic esters (lactones) is 1. The largest absolute Gasteiger partial charge is 0.466 e. The summed E-state index contributed by atoms with van der Waals surface area (Å²) in [7, 11) is -0.615. The van der Waals surface area contributed by atoms with E-state index in [0.29, 0.717) is 32.1 Å². The number of carbonyl (C=O) groups excluding carboxylic acids is 5. The standard InChI is InChI=1S/C59H98O17Si2/c1-17-77(18-2,19-3)75-40(7)50-36-46-33-44(34-53(63)67-15)55(70-42(9)61)59(65,74-46)56(10,11)29-27-25-23-24-26-28-45-30-43(32-52(62)66-14)31-49(71-45)39-58(68-16)57(12,13)51(69-41(8)60)37-47(73-58)35-48(38-54(64)72-50)76-78(20-4,21-5)22-6/h26-29,32,34,40,45-51,55,65H,17-25,30-31,33,35-39H2,1-16H3/b28-26-,29-27+,43-32+,44-34+/t40-,45+,46+,47-,48-,49+,50-,51+,55+,58+,59-/m1/s1. The quantitative estimate of drug-likeness (QED) is 0.0501. The van der Waals surface area contributed by atoms with Crippen LogP contribution in [0.1, 0.15) is 161 Å². The van der Waals surface area contributed by atoms with Crippen LogP contribution in [-0.2, 0) is 75.5 Å². The van der Waals surface area contributed by atoms with Crippen LogP contribution in [0, 0.1) is 10.8 Å². The van der Waals surface area contributed by atoms with Crippen LogP contribution in [0.5, 0.6) is 0 Å². The Labute approximate surface area is 468 Å². The number of fused-ring (bicyclic) bond motifs is 6. The van der Waals surface area contributed by atoms with Crippen LogP contribution >= 0.6 is 0 Å². The molecule has 0 amide bonds. The minimum atomic E-state index is -2.45. The van der Waals surface area contributed by atoms with Gasteiger partial charge in [-0.25, -0.2) is 9.59 Å². The van der Waals surface area contributed by atoms with Gasteiger partial charge in [0.25, 0.3) is 0 Å². The fourth-order valence-corrected chi connectivity index (χ4v) is 17.8. The average Bonchev–Trinajstić information content (AvgIpc) is 3.47. The molecule has 6 bridgehead atoms. The molecule has 0 saturated carbocycles. The van der Waals surface area contributed by atoms with Gasteiger partial charge in [0.2, 0.25) is 5.79 Å². The van der Waals surface area contributed by atoms with Gasteiger partial charge in [0.1, 0.15) is 12.2 Å². The van der Waals surface area contributed by atoms with E-state index in [2.05, 4.69) is 47.6 Å². The Bertz CT molecular complexity index is 2110. The second-order valence-corrected chi connectivity index (χ2v) is 32.5. The van der Waals surface area contributed by atoms with Gasteiger partial charge in [-0.2, -0.15) is 0 Å². The van der Waals surface area contributed by atoms with Crippen LogP contribution in [0.4, 0.5) is 0 Å². The summed E-state index contributed by atoms with van der Waals surface area (Å²) in [6.45, 7) is 24.8. The number of carbonyl (C=O) groups is 5. The van der Waals surface area contributed by atoms with Crippen molar-refractivity contribution in [1.82, 2.24) is 0 Å². The highest BCUT2D eigenvalue weighted by atomic mass is 28.4. The number of allylic oxidation sites excluding steroid dienone is 2. The molecule has 0 radical (unpaired) electrons. The van der Waals surface area contributed by atoms with E-state index >= 15 is 4.79 Å². The maximum absolute atomic E-state index is 15.0. The molecule has 78 heavy (non-hydrogen) atoms. The number of ether oxygens (including phenoxy) is 9. The van der Waals surface area contributed by atoms with Gasteiger partial charge in [-0.15, -0.1) is 0 Å². The molecule has 1 N–H and O–H groups in total. The van der Waals surface area contributed by atoms with Gasteiger partial charge < -0.3 is 56.6 Å². The summed E-state index contributed by atoms with van der Waals surface area (Å²) in [5, 5.41) is 13.1. The van der Waals surface area contributed by atoms with E-state index in [0.717, 1.165) is 41.8 Å². The van der Waals surface area contributed by atoms with Crippen molar-refractivity contribution < 1.29 is 80.6 Å². The highest BCUT2D eigenvalue weighted by molar-refractivity contribution is 6.74. The van der Waals surface area contributed by atoms with Crippen molar-refractivity contribution in [1.29, 1.82) is 0 Å². The molecule has 4 heterocycles. The third-order valence-electron chi connectivity index (χ3n) is 17.4. The summed E-state index contributed by atoms with van der Waals surface area (Å²) in [5.41, 5.74) is -1.05. The van der Waals surface area contributed by atoms with Gasteiger partial charge in [-0.1, -0.05) is 99.1 Å². The molecule has 17 nitrogen and oxygen atoms in total. The van der Waals surface area contributed by atoms with Gasteiger partial charge in [-0.3, -0.25) is 14.4 Å². The highest BCUT2D eigenvalue weighted by Gasteiger charge is 2.60. The SMILES string of the molecule is CC[Si](CC)(CC)O[C@H]1CC(=O)O[C@@H]([C@@H](C)O[Si](CC)(CC)CC)C[C@@H]2C/C(=C\C(=O)OC)[C@H](OC(C)=O)[C@@](O)(O2)C(C)(C)/C=C/CCC/C=C\[C@H]2C/C(=C\C(=O)OC)C[C@@H](C[C@]3(OC)O[C@H](C1)C[C@H](OC(C)=O)C3(C)C)O2. The molecule has 0 unspecified atom stereocenters. The first-order valence-electron chi connectivity index (χ1n) is 28.8. The van der Waals surface area contributed by atoms with Gasteiger partial charge in [0, 0.05) is 57.8 Å². The Morgan fingerprint density at radius 1 is 0.744 bits per heavy atom. The molecule has 3 saturated heterocycles. The number of rotatable bonds is 16. The molecule has 0 aromatic carbocycles. The first-order chi connectivity index (χ1) is 36.7. The first-order valence-corrected chi connectivity index (χ1v) is 33.8. The van der Waals surface area contributed by atoms with E-state index in [4.69, 9.17) is 51.5 Å². The maximum Gasteiger partial charge on any atom is 0.330 e. The monoisotopic (exact) mass is 1130 g/mol. The van der Waals surface area contributed by atoms with E-state index in [9.17, 15) is 24.3 Å². The Kier molecular flexibility index (Phi) is 25.3. The molecule has 444 valence electrons. The van der Waals surface area contributed by atoms with Gasteiger partial charge in [-0.05, 0) is 93.7 Å². The normalized spacial score (nSPS) is 32.8. The Hall–Kier alpha value is -3.54. The molecular weight excluding hydrogens is 1040 g/mol. The molecule has 0 aliphatic carbocycles. The van der Waals surface area contributed by atoms with E-state index in [1.54, 1.807) is 21.0 Å². The van der Waals surface area contributed by atoms with Crippen LogP contribution in [0.3, 0.4) is 0 Å². The minimum Gasteiger partial charge on any atom is -0.466 e. The zero-order valence-corrected chi connectivity index (χ0v) is 52.2. The van der Waals surface area contributed by atoms with Crippen molar-refractivity contribution in [3.8, 4) is 0 Å². The number of esters is 5.